The van der Waals surface area contributed by atoms with E-state index in [1.54, 1.807) is 4.57 Å². The molecule has 0 aliphatic heterocycles. The first-order valence-corrected chi connectivity index (χ1v) is 12.7. The molecular formula is C32H23N5O2. The lowest BCUT2D eigenvalue weighted by atomic mass is 10.2. The molecule has 7 nitrogen and oxygen atoms in total. The highest BCUT2D eigenvalue weighted by atomic mass is 16.5. The molecule has 0 saturated carbocycles. The second kappa shape index (κ2) is 9.22. The number of rotatable bonds is 5. The van der Waals surface area contributed by atoms with E-state index in [2.05, 4.69) is 0 Å². The summed E-state index contributed by atoms with van der Waals surface area (Å²) in [5.41, 5.74) is 4.73. The van der Waals surface area contributed by atoms with E-state index in [0.29, 0.717) is 40.3 Å². The molecule has 0 amide bonds. The first-order chi connectivity index (χ1) is 19.2. The fourth-order valence-corrected chi connectivity index (χ4v) is 4.94. The quantitative estimate of drug-likeness (QED) is 0.267. The summed E-state index contributed by atoms with van der Waals surface area (Å²) >= 11 is 0. The monoisotopic (exact) mass is 509 g/mol. The number of hydrogen-bond donors (Lipinski definition) is 0. The summed E-state index contributed by atoms with van der Waals surface area (Å²) in [5.74, 6) is 2.01. The minimum Gasteiger partial charge on any atom is -0.457 e. The summed E-state index contributed by atoms with van der Waals surface area (Å²) in [4.78, 5) is 28.9. The standard InChI is InChI=1S/C32H23N5O2/c1-21-33-30-28(32(38)36(21)20-22-11-4-2-5-12-22)29-31(35-27-18-9-8-17-26(27)34-29)37(30)23-13-10-16-25(19-23)39-24-14-6-3-7-15-24/h2-19H,20H2,1H3. The van der Waals surface area contributed by atoms with Crippen LogP contribution in [0.15, 0.2) is 114 Å². The van der Waals surface area contributed by atoms with Crippen LogP contribution in [0.2, 0.25) is 0 Å². The molecule has 3 heterocycles. The molecule has 0 unspecified atom stereocenters. The maximum absolute atomic E-state index is 14.1. The topological polar surface area (TPSA) is 74.8 Å². The molecule has 0 fully saturated rings. The van der Waals surface area contributed by atoms with Crippen molar-refractivity contribution in [3.05, 3.63) is 131 Å². The lowest BCUT2D eigenvalue weighted by Crippen LogP contribution is -2.24. The third-order valence-corrected chi connectivity index (χ3v) is 6.79. The Labute approximate surface area is 223 Å². The highest BCUT2D eigenvalue weighted by Gasteiger charge is 2.22. The molecule has 0 spiro atoms. The van der Waals surface area contributed by atoms with Crippen molar-refractivity contribution in [2.75, 3.05) is 0 Å². The van der Waals surface area contributed by atoms with Gasteiger partial charge in [-0.3, -0.25) is 13.9 Å². The van der Waals surface area contributed by atoms with Crippen molar-refractivity contribution in [1.82, 2.24) is 24.1 Å². The van der Waals surface area contributed by atoms with Gasteiger partial charge in [-0.25, -0.2) is 15.0 Å². The van der Waals surface area contributed by atoms with E-state index >= 15 is 0 Å². The van der Waals surface area contributed by atoms with Crippen molar-refractivity contribution < 1.29 is 4.74 Å². The molecule has 4 aromatic carbocycles. The number of ether oxygens (including phenoxy) is 1. The van der Waals surface area contributed by atoms with Crippen LogP contribution >= 0.6 is 0 Å². The fourth-order valence-electron chi connectivity index (χ4n) is 4.94. The molecule has 39 heavy (non-hydrogen) atoms. The molecule has 0 bridgehead atoms. The molecule has 3 aromatic heterocycles. The number of hydrogen-bond acceptors (Lipinski definition) is 5. The maximum Gasteiger partial charge on any atom is 0.265 e. The molecular weight excluding hydrogens is 486 g/mol. The van der Waals surface area contributed by atoms with Crippen LogP contribution in [0.4, 0.5) is 0 Å². The predicted molar refractivity (Wildman–Crippen MR) is 153 cm³/mol. The van der Waals surface area contributed by atoms with Crippen molar-refractivity contribution in [2.45, 2.75) is 13.5 Å². The molecule has 0 N–H and O–H groups in total. The minimum absolute atomic E-state index is 0.147. The van der Waals surface area contributed by atoms with E-state index in [4.69, 9.17) is 19.7 Å². The summed E-state index contributed by atoms with van der Waals surface area (Å²) in [6.45, 7) is 2.28. The third kappa shape index (κ3) is 4.01. The van der Waals surface area contributed by atoms with Crippen LogP contribution in [0.1, 0.15) is 11.4 Å². The first kappa shape index (κ1) is 22.9. The van der Waals surface area contributed by atoms with Gasteiger partial charge in [-0.2, -0.15) is 0 Å². The van der Waals surface area contributed by atoms with Crippen LogP contribution in [0, 0.1) is 6.92 Å². The molecule has 7 aromatic rings. The van der Waals surface area contributed by atoms with Crippen LogP contribution in [0.3, 0.4) is 0 Å². The van der Waals surface area contributed by atoms with Crippen molar-refractivity contribution in [1.29, 1.82) is 0 Å². The Kier molecular flexibility index (Phi) is 5.41. The minimum atomic E-state index is -0.147. The third-order valence-electron chi connectivity index (χ3n) is 6.79. The van der Waals surface area contributed by atoms with Gasteiger partial charge in [-0.1, -0.05) is 66.7 Å². The average molecular weight is 510 g/mol. The zero-order valence-electron chi connectivity index (χ0n) is 21.2. The predicted octanol–water partition coefficient (Wildman–Crippen LogP) is 6.43. The smallest absolute Gasteiger partial charge is 0.265 e. The Morgan fingerprint density at radius 1 is 0.692 bits per heavy atom. The SMILES string of the molecule is Cc1nc2c(c(=O)n1Cc1ccccc1)c1nc3ccccc3nc1n2-c1cccc(Oc2ccccc2)c1. The summed E-state index contributed by atoms with van der Waals surface area (Å²) in [6, 6.07) is 34.9. The summed E-state index contributed by atoms with van der Waals surface area (Å²) in [5, 5.41) is 0.444. The summed E-state index contributed by atoms with van der Waals surface area (Å²) in [7, 11) is 0. The van der Waals surface area contributed by atoms with Crippen molar-refractivity contribution in [3.8, 4) is 17.2 Å². The first-order valence-electron chi connectivity index (χ1n) is 12.7. The number of aryl methyl sites for hydroxylation is 1. The van der Waals surface area contributed by atoms with Gasteiger partial charge in [-0.15, -0.1) is 0 Å². The van der Waals surface area contributed by atoms with E-state index in [9.17, 15) is 4.79 Å². The maximum atomic E-state index is 14.1. The zero-order valence-corrected chi connectivity index (χ0v) is 21.2. The second-order valence-electron chi connectivity index (χ2n) is 9.37. The van der Waals surface area contributed by atoms with Crippen molar-refractivity contribution in [3.63, 3.8) is 0 Å². The lowest BCUT2D eigenvalue weighted by molar-refractivity contribution is 0.482. The second-order valence-corrected chi connectivity index (χ2v) is 9.37. The molecule has 0 aliphatic carbocycles. The van der Waals surface area contributed by atoms with Gasteiger partial charge >= 0.3 is 0 Å². The number of aromatic nitrogens is 5. The Hall–Kier alpha value is -5.30. The van der Waals surface area contributed by atoms with Gasteiger partial charge in [0.1, 0.15) is 28.2 Å². The van der Waals surface area contributed by atoms with Gasteiger partial charge in [-0.05, 0) is 48.9 Å². The number of fused-ring (bicyclic) bond motifs is 4. The van der Waals surface area contributed by atoms with Crippen LogP contribution in [0.25, 0.3) is 38.9 Å². The number of para-hydroxylation sites is 3. The normalized spacial score (nSPS) is 11.4. The summed E-state index contributed by atoms with van der Waals surface area (Å²) in [6.07, 6.45) is 0. The molecule has 0 radical (unpaired) electrons. The molecule has 0 aliphatic rings. The highest BCUT2D eigenvalue weighted by Crippen LogP contribution is 2.31. The van der Waals surface area contributed by atoms with E-state index in [-0.39, 0.29) is 5.56 Å². The van der Waals surface area contributed by atoms with Gasteiger partial charge in [0.2, 0.25) is 0 Å². The molecule has 0 saturated heterocycles. The number of nitrogens with zero attached hydrogens (tertiary/aromatic N) is 5. The highest BCUT2D eigenvalue weighted by molar-refractivity contribution is 6.05. The van der Waals surface area contributed by atoms with Gasteiger partial charge < -0.3 is 4.74 Å². The molecule has 7 heteroatoms. The Morgan fingerprint density at radius 2 is 1.36 bits per heavy atom. The van der Waals surface area contributed by atoms with Crippen LogP contribution in [-0.2, 0) is 6.54 Å². The van der Waals surface area contributed by atoms with E-state index in [1.807, 2.05) is 121 Å². The van der Waals surface area contributed by atoms with Gasteiger partial charge in [0.15, 0.2) is 11.3 Å². The van der Waals surface area contributed by atoms with Gasteiger partial charge in [0, 0.05) is 6.07 Å². The van der Waals surface area contributed by atoms with Crippen molar-refractivity contribution in [2.24, 2.45) is 0 Å². The number of benzene rings is 4. The fraction of sp³-hybridized carbons (Fsp3) is 0.0625. The average Bonchev–Trinajstić information content (AvgIpc) is 3.28. The molecule has 7 rings (SSSR count). The Balaban J connectivity index is 1.49. The largest absolute Gasteiger partial charge is 0.457 e. The van der Waals surface area contributed by atoms with E-state index in [0.717, 1.165) is 28.0 Å². The summed E-state index contributed by atoms with van der Waals surface area (Å²) < 4.78 is 9.72. The van der Waals surface area contributed by atoms with Gasteiger partial charge in [0.25, 0.3) is 5.56 Å². The lowest BCUT2D eigenvalue weighted by Gasteiger charge is -2.12. The van der Waals surface area contributed by atoms with E-state index in [1.165, 1.54) is 0 Å². The van der Waals surface area contributed by atoms with Crippen molar-refractivity contribution >= 4 is 33.2 Å². The zero-order chi connectivity index (χ0) is 26.3. The Bertz CT molecular complexity index is 2050. The Morgan fingerprint density at radius 3 is 2.13 bits per heavy atom. The molecule has 188 valence electrons. The molecule has 0 atom stereocenters. The van der Waals surface area contributed by atoms with Gasteiger partial charge in [0.05, 0.1) is 23.3 Å². The van der Waals surface area contributed by atoms with Crippen LogP contribution < -0.4 is 10.3 Å². The van der Waals surface area contributed by atoms with Crippen LogP contribution in [-0.4, -0.2) is 24.1 Å². The van der Waals surface area contributed by atoms with E-state index < -0.39 is 0 Å². The van der Waals surface area contributed by atoms with Crippen LogP contribution in [0.5, 0.6) is 11.5 Å².